The Morgan fingerprint density at radius 1 is 1.03 bits per heavy atom. The predicted molar refractivity (Wildman–Crippen MR) is 111 cm³/mol. The predicted octanol–water partition coefficient (Wildman–Crippen LogP) is 4.25. The van der Waals surface area contributed by atoms with Gasteiger partial charge in [0, 0.05) is 6.07 Å². The summed E-state index contributed by atoms with van der Waals surface area (Å²) in [7, 11) is 0. The highest BCUT2D eigenvalue weighted by Gasteiger charge is 2.15. The second-order valence-corrected chi connectivity index (χ2v) is 6.74. The molecule has 6 heteroatoms. The van der Waals surface area contributed by atoms with E-state index in [2.05, 4.69) is 22.1 Å². The van der Waals surface area contributed by atoms with Crippen molar-refractivity contribution in [3.63, 3.8) is 0 Å². The standard InChI is InChI=1S/C23H20N2O4/c1-3-15-13-19(26)29-22-20(15)21(27)24-23(25-22)28-14(2)16-9-11-18(12-10-16)17-7-5-4-6-8-17/h4-14H,3H2,1-2H3,(H,24,25,27)/t14-/m1/s1. The molecule has 0 amide bonds. The number of fused-ring (bicyclic) bond motifs is 1. The SMILES string of the molecule is CCc1cc(=O)oc2nc(O[C@H](C)c3ccc(-c4ccccc4)cc3)[nH]c(=O)c12. The first kappa shape index (κ1) is 18.7. The van der Waals surface area contributed by atoms with Gasteiger partial charge in [-0.2, -0.15) is 4.98 Å². The van der Waals surface area contributed by atoms with Crippen LogP contribution in [0.15, 0.2) is 74.7 Å². The Morgan fingerprint density at radius 2 is 1.72 bits per heavy atom. The molecule has 2 aromatic heterocycles. The highest BCUT2D eigenvalue weighted by molar-refractivity contribution is 5.75. The van der Waals surface area contributed by atoms with Crippen LogP contribution in [0.4, 0.5) is 0 Å². The number of aryl methyl sites for hydroxylation is 1. The summed E-state index contributed by atoms with van der Waals surface area (Å²) >= 11 is 0. The Bertz CT molecular complexity index is 1260. The first-order valence-corrected chi connectivity index (χ1v) is 9.44. The van der Waals surface area contributed by atoms with Crippen molar-refractivity contribution in [3.05, 3.63) is 92.6 Å². The summed E-state index contributed by atoms with van der Waals surface area (Å²) < 4.78 is 10.9. The zero-order valence-electron chi connectivity index (χ0n) is 16.1. The number of ether oxygens (including phenoxy) is 1. The van der Waals surface area contributed by atoms with Crippen molar-refractivity contribution >= 4 is 11.1 Å². The fraction of sp³-hybridized carbons (Fsp3) is 0.174. The van der Waals surface area contributed by atoms with Crippen molar-refractivity contribution in [3.8, 4) is 17.1 Å². The van der Waals surface area contributed by atoms with Gasteiger partial charge in [-0.15, -0.1) is 0 Å². The molecule has 2 aromatic carbocycles. The van der Waals surface area contributed by atoms with Crippen molar-refractivity contribution in [2.45, 2.75) is 26.4 Å². The van der Waals surface area contributed by atoms with E-state index in [-0.39, 0.29) is 23.2 Å². The number of H-pyrrole nitrogens is 1. The Balaban J connectivity index is 1.61. The van der Waals surface area contributed by atoms with E-state index in [0.717, 1.165) is 16.7 Å². The first-order valence-electron chi connectivity index (χ1n) is 9.44. The summed E-state index contributed by atoms with van der Waals surface area (Å²) in [4.78, 5) is 31.0. The molecule has 1 atom stereocenters. The fourth-order valence-electron chi connectivity index (χ4n) is 3.28. The van der Waals surface area contributed by atoms with Gasteiger partial charge in [0.25, 0.3) is 11.6 Å². The number of nitrogens with one attached hydrogen (secondary N) is 1. The van der Waals surface area contributed by atoms with E-state index in [1.807, 2.05) is 56.3 Å². The molecule has 0 bridgehead atoms. The number of aromatic nitrogens is 2. The number of benzene rings is 2. The first-order chi connectivity index (χ1) is 14.0. The second-order valence-electron chi connectivity index (χ2n) is 6.74. The molecule has 4 rings (SSSR count). The molecule has 6 nitrogen and oxygen atoms in total. The number of nitrogens with zero attached hydrogens (tertiary/aromatic N) is 1. The summed E-state index contributed by atoms with van der Waals surface area (Å²) in [6, 6.07) is 19.4. The zero-order valence-corrected chi connectivity index (χ0v) is 16.1. The molecule has 4 aromatic rings. The molecule has 0 fully saturated rings. The van der Waals surface area contributed by atoms with Gasteiger partial charge in [-0.05, 0) is 35.6 Å². The van der Waals surface area contributed by atoms with E-state index in [9.17, 15) is 9.59 Å². The monoisotopic (exact) mass is 388 g/mol. The minimum absolute atomic E-state index is 0.0125. The van der Waals surface area contributed by atoms with Crippen LogP contribution in [0.2, 0.25) is 0 Å². The number of hydrogen-bond donors (Lipinski definition) is 1. The largest absolute Gasteiger partial charge is 0.457 e. The Labute approximate surface area is 166 Å². The highest BCUT2D eigenvalue weighted by atomic mass is 16.5. The molecule has 1 N–H and O–H groups in total. The van der Waals surface area contributed by atoms with Crippen LogP contribution >= 0.6 is 0 Å². The molecule has 0 radical (unpaired) electrons. The van der Waals surface area contributed by atoms with Crippen molar-refractivity contribution in [2.75, 3.05) is 0 Å². The molecule has 0 aliphatic heterocycles. The summed E-state index contributed by atoms with van der Waals surface area (Å²) in [5, 5.41) is 0.277. The average molecular weight is 388 g/mol. The lowest BCUT2D eigenvalue weighted by Gasteiger charge is -2.14. The third-order valence-corrected chi connectivity index (χ3v) is 4.83. The Hall–Kier alpha value is -3.67. The molecule has 0 aliphatic carbocycles. The second kappa shape index (κ2) is 7.75. The van der Waals surface area contributed by atoms with E-state index in [0.29, 0.717) is 12.0 Å². The fourth-order valence-corrected chi connectivity index (χ4v) is 3.28. The molecule has 29 heavy (non-hydrogen) atoms. The molecular weight excluding hydrogens is 368 g/mol. The van der Waals surface area contributed by atoms with Crippen LogP contribution in [0.1, 0.15) is 31.1 Å². The van der Waals surface area contributed by atoms with Gasteiger partial charge in [-0.1, -0.05) is 61.5 Å². The van der Waals surface area contributed by atoms with Crippen LogP contribution in [0.25, 0.3) is 22.2 Å². The number of rotatable bonds is 5. The topological polar surface area (TPSA) is 85.2 Å². The molecule has 0 spiro atoms. The van der Waals surface area contributed by atoms with Crippen molar-refractivity contribution in [1.29, 1.82) is 0 Å². The van der Waals surface area contributed by atoms with Crippen LogP contribution in [0.5, 0.6) is 6.01 Å². The van der Waals surface area contributed by atoms with Crippen molar-refractivity contribution in [2.24, 2.45) is 0 Å². The van der Waals surface area contributed by atoms with E-state index in [4.69, 9.17) is 9.15 Å². The molecule has 0 saturated heterocycles. The van der Waals surface area contributed by atoms with Gasteiger partial charge in [-0.25, -0.2) is 4.79 Å². The lowest BCUT2D eigenvalue weighted by atomic mass is 10.0. The minimum Gasteiger partial charge on any atom is -0.457 e. The van der Waals surface area contributed by atoms with Gasteiger partial charge < -0.3 is 9.15 Å². The van der Waals surface area contributed by atoms with Crippen molar-refractivity contribution < 1.29 is 9.15 Å². The van der Waals surface area contributed by atoms with E-state index in [1.165, 1.54) is 6.07 Å². The summed E-state index contributed by atoms with van der Waals surface area (Å²) in [5.41, 5.74) is 2.82. The van der Waals surface area contributed by atoms with Crippen LogP contribution < -0.4 is 15.9 Å². The Morgan fingerprint density at radius 3 is 2.41 bits per heavy atom. The molecule has 0 unspecified atom stereocenters. The third-order valence-electron chi connectivity index (χ3n) is 4.83. The quantitative estimate of drug-likeness (QED) is 0.553. The maximum absolute atomic E-state index is 12.5. The summed E-state index contributed by atoms with van der Waals surface area (Å²) in [6.07, 6.45) is 0.165. The highest BCUT2D eigenvalue weighted by Crippen LogP contribution is 2.24. The van der Waals surface area contributed by atoms with Gasteiger partial charge in [0.15, 0.2) is 0 Å². The van der Waals surface area contributed by atoms with E-state index in [1.54, 1.807) is 0 Å². The lowest BCUT2D eigenvalue weighted by molar-refractivity contribution is 0.207. The normalized spacial score (nSPS) is 12.1. The molecule has 146 valence electrons. The maximum Gasteiger partial charge on any atom is 0.337 e. The number of hydrogen-bond acceptors (Lipinski definition) is 5. The molecule has 0 aliphatic rings. The van der Waals surface area contributed by atoms with Crippen molar-refractivity contribution in [1.82, 2.24) is 9.97 Å². The van der Waals surface area contributed by atoms with Gasteiger partial charge in [0.1, 0.15) is 11.5 Å². The molecule has 0 saturated carbocycles. The Kier molecular flexibility index (Phi) is 4.99. The summed E-state index contributed by atoms with van der Waals surface area (Å²) in [5.74, 6) is 0. The smallest absolute Gasteiger partial charge is 0.337 e. The van der Waals surface area contributed by atoms with Crippen LogP contribution in [-0.2, 0) is 6.42 Å². The zero-order chi connectivity index (χ0) is 20.4. The minimum atomic E-state index is -0.539. The van der Waals surface area contributed by atoms with Gasteiger partial charge in [0.2, 0.25) is 5.71 Å². The molecule has 2 heterocycles. The average Bonchev–Trinajstić information content (AvgIpc) is 2.73. The van der Waals surface area contributed by atoms with Gasteiger partial charge in [0.05, 0.1) is 0 Å². The van der Waals surface area contributed by atoms with Gasteiger partial charge in [-0.3, -0.25) is 9.78 Å². The van der Waals surface area contributed by atoms with Crippen LogP contribution in [0, 0.1) is 0 Å². The summed E-state index contributed by atoms with van der Waals surface area (Å²) in [6.45, 7) is 3.72. The van der Waals surface area contributed by atoms with Crippen LogP contribution in [-0.4, -0.2) is 9.97 Å². The number of aromatic amines is 1. The molecular formula is C23H20N2O4. The third kappa shape index (κ3) is 3.82. The maximum atomic E-state index is 12.5. The van der Waals surface area contributed by atoms with Crippen LogP contribution in [0.3, 0.4) is 0 Å². The van der Waals surface area contributed by atoms with E-state index < -0.39 is 11.2 Å². The van der Waals surface area contributed by atoms with E-state index >= 15 is 0 Å². The lowest BCUT2D eigenvalue weighted by Crippen LogP contribution is -2.16. The van der Waals surface area contributed by atoms with Gasteiger partial charge >= 0.3 is 5.63 Å².